The molecule has 3 heteroatoms. The predicted octanol–water partition coefficient (Wildman–Crippen LogP) is 11.8. The average molecular weight is 602 g/mol. The normalized spacial score (nSPS) is 14.1. The van der Waals surface area contributed by atoms with Crippen LogP contribution in [0.25, 0.3) is 38.6 Å². The summed E-state index contributed by atoms with van der Waals surface area (Å²) >= 11 is 0. The molecule has 236 valence electrons. The van der Waals surface area contributed by atoms with Crippen LogP contribution >= 0.6 is 0 Å². The zero-order valence-corrected chi connectivity index (χ0v) is 29.5. The molecule has 1 aliphatic heterocycles. The highest BCUT2D eigenvalue weighted by molar-refractivity contribution is 6.10. The molecule has 5 aromatic rings. The van der Waals surface area contributed by atoms with E-state index in [1.54, 1.807) is 0 Å². The van der Waals surface area contributed by atoms with Crippen LogP contribution in [0.15, 0.2) is 66.7 Å². The van der Waals surface area contributed by atoms with Crippen molar-refractivity contribution in [2.24, 2.45) is 5.41 Å². The minimum Gasteiger partial charge on any atom is -0.457 e. The summed E-state index contributed by atoms with van der Waals surface area (Å²) in [4.78, 5) is 0. The van der Waals surface area contributed by atoms with Gasteiger partial charge in [-0.2, -0.15) is 0 Å². The van der Waals surface area contributed by atoms with Crippen molar-refractivity contribution < 1.29 is 9.47 Å². The van der Waals surface area contributed by atoms with E-state index < -0.39 is 0 Å². The van der Waals surface area contributed by atoms with Crippen molar-refractivity contribution in [1.29, 1.82) is 0 Å². The van der Waals surface area contributed by atoms with Gasteiger partial charge in [0.2, 0.25) is 6.79 Å². The molecule has 6 rings (SSSR count). The standard InChI is InChI=1S/C42H51NO2/c1-26-13-18-37-32(19-26)33-22-29(42(11,12)24-39(2,3)4)23-36(38(33)45-25-44-37)43-34-16-14-27(40(5,6)7)20-30(34)31-21-28(41(8,9)10)15-17-35(31)43/h13-23H,24-25H2,1-12H3. The first-order valence-electron chi connectivity index (χ1n) is 16.5. The molecule has 0 aliphatic carbocycles. The van der Waals surface area contributed by atoms with Crippen molar-refractivity contribution in [3.63, 3.8) is 0 Å². The number of hydrogen-bond donors (Lipinski definition) is 0. The van der Waals surface area contributed by atoms with E-state index in [9.17, 15) is 0 Å². The minimum absolute atomic E-state index is 0.0419. The van der Waals surface area contributed by atoms with E-state index in [0.29, 0.717) is 0 Å². The summed E-state index contributed by atoms with van der Waals surface area (Å²) in [5.74, 6) is 1.73. The molecule has 0 spiro atoms. The minimum atomic E-state index is -0.0727. The summed E-state index contributed by atoms with van der Waals surface area (Å²) in [5.41, 5.74) is 11.0. The van der Waals surface area contributed by atoms with Gasteiger partial charge in [0.1, 0.15) is 5.75 Å². The van der Waals surface area contributed by atoms with Gasteiger partial charge < -0.3 is 14.0 Å². The third-order valence-corrected chi connectivity index (χ3v) is 9.40. The Labute approximate surface area is 270 Å². The van der Waals surface area contributed by atoms with E-state index in [4.69, 9.17) is 9.47 Å². The molecule has 0 N–H and O–H groups in total. The van der Waals surface area contributed by atoms with Crippen molar-refractivity contribution >= 4 is 21.8 Å². The Morgan fingerprint density at radius 3 is 1.71 bits per heavy atom. The van der Waals surface area contributed by atoms with Crippen LogP contribution in [0.4, 0.5) is 0 Å². The molecule has 0 atom stereocenters. The van der Waals surface area contributed by atoms with Gasteiger partial charge in [-0.3, -0.25) is 0 Å². The maximum absolute atomic E-state index is 6.61. The van der Waals surface area contributed by atoms with Crippen molar-refractivity contribution in [2.75, 3.05) is 6.79 Å². The maximum Gasteiger partial charge on any atom is 0.231 e. The third kappa shape index (κ3) is 5.75. The smallest absolute Gasteiger partial charge is 0.231 e. The summed E-state index contributed by atoms with van der Waals surface area (Å²) in [5, 5.41) is 2.55. The lowest BCUT2D eigenvalue weighted by Gasteiger charge is -2.34. The largest absolute Gasteiger partial charge is 0.457 e. The van der Waals surface area contributed by atoms with Crippen molar-refractivity contribution in [3.8, 4) is 28.3 Å². The summed E-state index contributed by atoms with van der Waals surface area (Å²) in [7, 11) is 0. The highest BCUT2D eigenvalue weighted by atomic mass is 16.7. The van der Waals surface area contributed by atoms with Gasteiger partial charge in [0, 0.05) is 21.9 Å². The van der Waals surface area contributed by atoms with E-state index in [-0.39, 0.29) is 28.5 Å². The molecular weight excluding hydrogens is 550 g/mol. The van der Waals surface area contributed by atoms with Crippen LogP contribution < -0.4 is 9.47 Å². The molecule has 4 aromatic carbocycles. The summed E-state index contributed by atoms with van der Waals surface area (Å²) in [6.07, 6.45) is 1.05. The zero-order valence-electron chi connectivity index (χ0n) is 29.5. The van der Waals surface area contributed by atoms with Gasteiger partial charge in [-0.15, -0.1) is 0 Å². The van der Waals surface area contributed by atoms with Gasteiger partial charge in [0.15, 0.2) is 5.75 Å². The van der Waals surface area contributed by atoms with Crippen LogP contribution in [0.2, 0.25) is 0 Å². The first-order chi connectivity index (χ1) is 20.8. The Bertz CT molecular complexity index is 1860. The second-order valence-corrected chi connectivity index (χ2v) is 17.2. The molecule has 2 heterocycles. The van der Waals surface area contributed by atoms with Gasteiger partial charge in [0.05, 0.1) is 16.7 Å². The van der Waals surface area contributed by atoms with E-state index >= 15 is 0 Å². The first-order valence-corrected chi connectivity index (χ1v) is 16.5. The SMILES string of the molecule is Cc1ccc2c(c1)-c1cc(C(C)(C)CC(C)(C)C)cc(-n3c4ccc(C(C)(C)C)cc4c4cc(C(C)(C)C)ccc43)c1OCO2. The molecule has 3 nitrogen and oxygen atoms in total. The lowest BCUT2D eigenvalue weighted by atomic mass is 9.71. The summed E-state index contributed by atoms with van der Waals surface area (Å²) in [6.45, 7) is 27.8. The van der Waals surface area contributed by atoms with E-state index in [1.165, 1.54) is 44.1 Å². The molecule has 0 bridgehead atoms. The number of fused-ring (bicyclic) bond motifs is 6. The average Bonchev–Trinajstić information content (AvgIpc) is 3.12. The molecule has 1 aromatic heterocycles. The fourth-order valence-corrected chi connectivity index (χ4v) is 7.30. The number of hydrogen-bond acceptors (Lipinski definition) is 2. The molecule has 0 radical (unpaired) electrons. The number of aryl methyl sites for hydroxylation is 1. The lowest BCUT2D eigenvalue weighted by molar-refractivity contribution is 0.124. The number of aromatic nitrogens is 1. The Balaban J connectivity index is 1.75. The van der Waals surface area contributed by atoms with Gasteiger partial charge in [-0.25, -0.2) is 0 Å². The number of rotatable bonds is 3. The second-order valence-electron chi connectivity index (χ2n) is 17.2. The van der Waals surface area contributed by atoms with Gasteiger partial charge in [-0.05, 0) is 100 Å². The Morgan fingerprint density at radius 2 is 1.18 bits per heavy atom. The van der Waals surface area contributed by atoms with Crippen molar-refractivity contribution in [3.05, 3.63) is 89.0 Å². The number of nitrogens with zero attached hydrogens (tertiary/aromatic N) is 1. The lowest BCUT2D eigenvalue weighted by Crippen LogP contribution is -2.25. The summed E-state index contributed by atoms with van der Waals surface area (Å²) in [6, 6.07) is 25.3. The van der Waals surface area contributed by atoms with Crippen molar-refractivity contribution in [2.45, 2.75) is 106 Å². The monoisotopic (exact) mass is 601 g/mol. The second kappa shape index (κ2) is 10.4. The van der Waals surface area contributed by atoms with E-state index in [0.717, 1.165) is 34.7 Å². The maximum atomic E-state index is 6.61. The number of ether oxygens (including phenoxy) is 2. The fraction of sp³-hybridized carbons (Fsp3) is 0.429. The number of benzene rings is 4. The van der Waals surface area contributed by atoms with Crippen LogP contribution in [0.3, 0.4) is 0 Å². The topological polar surface area (TPSA) is 23.4 Å². The van der Waals surface area contributed by atoms with Gasteiger partial charge in [0.25, 0.3) is 0 Å². The molecule has 0 saturated carbocycles. The Morgan fingerprint density at radius 1 is 0.600 bits per heavy atom. The van der Waals surface area contributed by atoms with Crippen molar-refractivity contribution in [1.82, 2.24) is 4.57 Å². The quantitative estimate of drug-likeness (QED) is 0.205. The van der Waals surface area contributed by atoms with Gasteiger partial charge in [-0.1, -0.05) is 99.9 Å². The Hall–Kier alpha value is -3.72. The Kier molecular flexibility index (Phi) is 7.23. The zero-order chi connectivity index (χ0) is 32.7. The third-order valence-electron chi connectivity index (χ3n) is 9.40. The van der Waals surface area contributed by atoms with Gasteiger partial charge >= 0.3 is 0 Å². The first kappa shape index (κ1) is 31.3. The predicted molar refractivity (Wildman–Crippen MR) is 192 cm³/mol. The molecule has 0 saturated heterocycles. The molecule has 0 amide bonds. The summed E-state index contributed by atoms with van der Waals surface area (Å²) < 4.78 is 15.3. The molecular formula is C42H51NO2. The van der Waals surface area contributed by atoms with E-state index in [1.807, 2.05) is 0 Å². The van der Waals surface area contributed by atoms with Crippen LogP contribution in [-0.2, 0) is 16.2 Å². The van der Waals surface area contributed by atoms with E-state index in [2.05, 4.69) is 154 Å². The highest BCUT2D eigenvalue weighted by Crippen LogP contribution is 2.49. The molecule has 0 fully saturated rings. The van der Waals surface area contributed by atoms with Crippen LogP contribution in [0, 0.1) is 12.3 Å². The molecule has 45 heavy (non-hydrogen) atoms. The molecule has 0 unspecified atom stereocenters. The highest BCUT2D eigenvalue weighted by Gasteiger charge is 2.32. The fourth-order valence-electron chi connectivity index (χ4n) is 7.30. The van der Waals surface area contributed by atoms with Crippen LogP contribution in [-0.4, -0.2) is 11.4 Å². The van der Waals surface area contributed by atoms with Crippen LogP contribution in [0.1, 0.15) is 105 Å². The van der Waals surface area contributed by atoms with Crippen LogP contribution in [0.5, 0.6) is 11.5 Å². The molecule has 1 aliphatic rings.